The number of aromatic nitrogens is 2. The summed E-state index contributed by atoms with van der Waals surface area (Å²) in [6.45, 7) is 3.69. The number of nitrogens with one attached hydrogen (secondary N) is 2. The molecule has 0 unspecified atom stereocenters. The van der Waals surface area contributed by atoms with E-state index < -0.39 is 11.9 Å². The fourth-order valence-electron chi connectivity index (χ4n) is 2.66. The number of hydrogen-bond donors (Lipinski definition) is 2. The van der Waals surface area contributed by atoms with Crippen LogP contribution in [0, 0.1) is 5.92 Å². The molecule has 0 fully saturated rings. The molecule has 0 aliphatic rings. The quantitative estimate of drug-likeness (QED) is 0.713. The fourth-order valence-corrected chi connectivity index (χ4v) is 2.66. The third-order valence-corrected chi connectivity index (χ3v) is 4.13. The molecule has 2 aromatic rings. The van der Waals surface area contributed by atoms with Crippen LogP contribution in [-0.2, 0) is 11.8 Å². The van der Waals surface area contributed by atoms with E-state index in [1.807, 2.05) is 13.8 Å². The van der Waals surface area contributed by atoms with Gasteiger partial charge in [0.15, 0.2) is 17.3 Å². The monoisotopic (exact) mass is 390 g/mol. The lowest BCUT2D eigenvalue weighted by Gasteiger charge is -2.22. The summed E-state index contributed by atoms with van der Waals surface area (Å²) in [5.41, 5.74) is 0.283. The third kappa shape index (κ3) is 4.73. The SMILES string of the molecule is COc1cc(C(=O)N[C@@H](C(=O)Nc2ccn(C)n2)C(C)C)cc(OC)c1OC. The van der Waals surface area contributed by atoms with E-state index in [0.29, 0.717) is 23.1 Å². The Hall–Kier alpha value is -3.23. The molecular formula is C19H26N4O5. The van der Waals surface area contributed by atoms with E-state index in [1.54, 1.807) is 24.0 Å². The van der Waals surface area contributed by atoms with Crippen molar-refractivity contribution in [1.29, 1.82) is 0 Å². The van der Waals surface area contributed by atoms with Gasteiger partial charge in [-0.3, -0.25) is 14.3 Å². The first-order chi connectivity index (χ1) is 13.3. The van der Waals surface area contributed by atoms with E-state index in [1.165, 1.54) is 33.5 Å². The van der Waals surface area contributed by atoms with Gasteiger partial charge in [-0.25, -0.2) is 0 Å². The van der Waals surface area contributed by atoms with Crippen LogP contribution in [-0.4, -0.2) is 49.0 Å². The molecule has 0 spiro atoms. The van der Waals surface area contributed by atoms with Crippen molar-refractivity contribution in [2.45, 2.75) is 19.9 Å². The topological polar surface area (TPSA) is 104 Å². The van der Waals surface area contributed by atoms with Gasteiger partial charge in [0.1, 0.15) is 6.04 Å². The van der Waals surface area contributed by atoms with Crippen LogP contribution >= 0.6 is 0 Å². The Morgan fingerprint density at radius 2 is 1.68 bits per heavy atom. The molecule has 1 atom stereocenters. The first-order valence-corrected chi connectivity index (χ1v) is 8.72. The second kappa shape index (κ2) is 9.12. The largest absolute Gasteiger partial charge is 0.493 e. The van der Waals surface area contributed by atoms with Gasteiger partial charge in [-0.2, -0.15) is 5.10 Å². The van der Waals surface area contributed by atoms with Crippen LogP contribution in [0.5, 0.6) is 17.2 Å². The molecule has 2 rings (SSSR count). The molecule has 2 amide bonds. The molecule has 0 radical (unpaired) electrons. The van der Waals surface area contributed by atoms with Gasteiger partial charge >= 0.3 is 0 Å². The lowest BCUT2D eigenvalue weighted by Crippen LogP contribution is -2.47. The molecule has 2 N–H and O–H groups in total. The van der Waals surface area contributed by atoms with Crippen molar-refractivity contribution in [2.24, 2.45) is 13.0 Å². The molecule has 9 heteroatoms. The Bertz CT molecular complexity index is 822. The van der Waals surface area contributed by atoms with Gasteiger partial charge in [0.25, 0.3) is 5.91 Å². The number of nitrogens with zero attached hydrogens (tertiary/aromatic N) is 2. The van der Waals surface area contributed by atoms with E-state index in [9.17, 15) is 9.59 Å². The number of hydrogen-bond acceptors (Lipinski definition) is 6. The maximum Gasteiger partial charge on any atom is 0.252 e. The highest BCUT2D eigenvalue weighted by Gasteiger charge is 2.26. The van der Waals surface area contributed by atoms with Crippen LogP contribution in [0.2, 0.25) is 0 Å². The van der Waals surface area contributed by atoms with Gasteiger partial charge in [0.2, 0.25) is 11.7 Å². The van der Waals surface area contributed by atoms with Gasteiger partial charge in [-0.05, 0) is 18.1 Å². The molecule has 1 aromatic carbocycles. The zero-order valence-corrected chi connectivity index (χ0v) is 16.9. The van der Waals surface area contributed by atoms with Crippen molar-refractivity contribution in [3.05, 3.63) is 30.0 Å². The van der Waals surface area contributed by atoms with Crippen molar-refractivity contribution < 1.29 is 23.8 Å². The highest BCUT2D eigenvalue weighted by Crippen LogP contribution is 2.38. The van der Waals surface area contributed by atoms with Crippen molar-refractivity contribution in [1.82, 2.24) is 15.1 Å². The fraction of sp³-hybridized carbons (Fsp3) is 0.421. The number of carbonyl (C=O) groups is 2. The van der Waals surface area contributed by atoms with Crippen LogP contribution in [0.3, 0.4) is 0 Å². The van der Waals surface area contributed by atoms with Gasteiger partial charge < -0.3 is 24.8 Å². The van der Waals surface area contributed by atoms with Crippen molar-refractivity contribution in [2.75, 3.05) is 26.6 Å². The second-order valence-electron chi connectivity index (χ2n) is 6.47. The van der Waals surface area contributed by atoms with Gasteiger partial charge in [0, 0.05) is 24.9 Å². The Kier molecular flexibility index (Phi) is 6.86. The first-order valence-electron chi connectivity index (χ1n) is 8.72. The number of benzene rings is 1. The van der Waals surface area contributed by atoms with E-state index in [2.05, 4.69) is 15.7 Å². The number of rotatable bonds is 8. The molecule has 28 heavy (non-hydrogen) atoms. The lowest BCUT2D eigenvalue weighted by molar-refractivity contribution is -0.118. The van der Waals surface area contributed by atoms with Crippen molar-refractivity contribution >= 4 is 17.6 Å². The van der Waals surface area contributed by atoms with Crippen LogP contribution in [0.15, 0.2) is 24.4 Å². The van der Waals surface area contributed by atoms with Crippen LogP contribution < -0.4 is 24.8 Å². The van der Waals surface area contributed by atoms with E-state index >= 15 is 0 Å². The molecule has 152 valence electrons. The number of carbonyl (C=O) groups excluding carboxylic acids is 2. The summed E-state index contributed by atoms with van der Waals surface area (Å²) in [5.74, 6) is 0.574. The molecule has 0 aliphatic carbocycles. The summed E-state index contributed by atoms with van der Waals surface area (Å²) >= 11 is 0. The summed E-state index contributed by atoms with van der Waals surface area (Å²) in [6.07, 6.45) is 1.72. The summed E-state index contributed by atoms with van der Waals surface area (Å²) in [6, 6.07) is 3.99. The Morgan fingerprint density at radius 3 is 2.11 bits per heavy atom. The zero-order chi connectivity index (χ0) is 20.8. The summed E-state index contributed by atoms with van der Waals surface area (Å²) in [7, 11) is 6.17. The molecule has 9 nitrogen and oxygen atoms in total. The van der Waals surface area contributed by atoms with Crippen molar-refractivity contribution in [3.63, 3.8) is 0 Å². The minimum absolute atomic E-state index is 0.144. The van der Waals surface area contributed by atoms with Crippen molar-refractivity contribution in [3.8, 4) is 17.2 Å². The Morgan fingerprint density at radius 1 is 1.07 bits per heavy atom. The average molecular weight is 390 g/mol. The van der Waals surface area contributed by atoms with Gasteiger partial charge in [-0.1, -0.05) is 13.8 Å². The predicted octanol–water partition coefficient (Wildman–Crippen LogP) is 1.84. The number of amides is 2. The maximum absolute atomic E-state index is 12.8. The van der Waals surface area contributed by atoms with Crippen LogP contribution in [0.4, 0.5) is 5.82 Å². The molecular weight excluding hydrogens is 364 g/mol. The number of anilines is 1. The molecule has 0 saturated heterocycles. The van der Waals surface area contributed by atoms with E-state index in [4.69, 9.17) is 14.2 Å². The molecule has 1 heterocycles. The summed E-state index contributed by atoms with van der Waals surface area (Å²) in [4.78, 5) is 25.4. The normalized spacial score (nSPS) is 11.7. The highest BCUT2D eigenvalue weighted by molar-refractivity contribution is 6.01. The van der Waals surface area contributed by atoms with E-state index in [0.717, 1.165) is 0 Å². The van der Waals surface area contributed by atoms with Gasteiger partial charge in [0.05, 0.1) is 21.3 Å². The lowest BCUT2D eigenvalue weighted by atomic mass is 10.0. The summed E-state index contributed by atoms with van der Waals surface area (Å²) < 4.78 is 17.4. The second-order valence-corrected chi connectivity index (χ2v) is 6.47. The minimum Gasteiger partial charge on any atom is -0.493 e. The zero-order valence-electron chi connectivity index (χ0n) is 16.9. The predicted molar refractivity (Wildman–Crippen MR) is 104 cm³/mol. The average Bonchev–Trinajstić information content (AvgIpc) is 3.08. The van der Waals surface area contributed by atoms with Crippen LogP contribution in [0.1, 0.15) is 24.2 Å². The molecule has 1 aromatic heterocycles. The third-order valence-electron chi connectivity index (χ3n) is 4.13. The smallest absolute Gasteiger partial charge is 0.252 e. The van der Waals surface area contributed by atoms with Gasteiger partial charge in [-0.15, -0.1) is 0 Å². The number of ether oxygens (including phenoxy) is 3. The standard InChI is InChI=1S/C19H26N4O5/c1-11(2)16(19(25)20-15-7-8-23(3)22-15)21-18(24)12-9-13(26-4)17(28-6)14(10-12)27-5/h7-11,16H,1-6H3,(H,21,24)(H,20,22,25)/t16-/m1/s1. The minimum atomic E-state index is -0.756. The number of aryl methyl sites for hydroxylation is 1. The Balaban J connectivity index is 2.23. The molecule has 0 aliphatic heterocycles. The van der Waals surface area contributed by atoms with Crippen LogP contribution in [0.25, 0.3) is 0 Å². The number of methoxy groups -OCH3 is 3. The molecule has 0 saturated carbocycles. The maximum atomic E-state index is 12.8. The molecule has 0 bridgehead atoms. The Labute approximate surface area is 164 Å². The summed E-state index contributed by atoms with van der Waals surface area (Å²) in [5, 5.41) is 9.59. The highest BCUT2D eigenvalue weighted by atomic mass is 16.5. The van der Waals surface area contributed by atoms with E-state index in [-0.39, 0.29) is 17.4 Å². The first kappa shape index (κ1) is 21.1.